The van der Waals surface area contributed by atoms with Gasteiger partial charge >= 0.3 is 5.97 Å². The van der Waals surface area contributed by atoms with Crippen LogP contribution < -0.4 is 0 Å². The van der Waals surface area contributed by atoms with Crippen molar-refractivity contribution in [1.29, 1.82) is 0 Å². The number of fused-ring (bicyclic) bond motifs is 1. The van der Waals surface area contributed by atoms with E-state index in [1.54, 1.807) is 19.0 Å². The highest BCUT2D eigenvalue weighted by atomic mass is 16.4. The summed E-state index contributed by atoms with van der Waals surface area (Å²) in [4.78, 5) is 13.1. The molecule has 0 unspecified atom stereocenters. The van der Waals surface area contributed by atoms with Gasteiger partial charge in [-0.05, 0) is 30.4 Å². The number of carboxylic acid groups (broad SMARTS) is 1. The number of carboxylic acids is 1. The molecule has 0 amide bonds. The molecule has 2 aromatic carbocycles. The largest absolute Gasteiger partial charge is 0.480 e. The van der Waals surface area contributed by atoms with Gasteiger partial charge in [-0.3, -0.25) is 9.69 Å². The summed E-state index contributed by atoms with van der Waals surface area (Å²) in [6.07, 6.45) is 0. The van der Waals surface area contributed by atoms with Gasteiger partial charge in [0.05, 0.1) is 0 Å². The summed E-state index contributed by atoms with van der Waals surface area (Å²) in [5.41, 5.74) is 0.834. The Morgan fingerprint density at radius 3 is 2.41 bits per heavy atom. The Morgan fingerprint density at radius 2 is 1.76 bits per heavy atom. The highest BCUT2D eigenvalue weighted by Gasteiger charge is 2.23. The van der Waals surface area contributed by atoms with Crippen molar-refractivity contribution < 1.29 is 9.90 Å². The normalized spacial score (nSPS) is 12.9. The Hall–Kier alpha value is -1.87. The molecule has 0 aromatic heterocycles. The molecule has 0 fully saturated rings. The van der Waals surface area contributed by atoms with Gasteiger partial charge in [0.15, 0.2) is 0 Å². The van der Waals surface area contributed by atoms with Gasteiger partial charge in [0.1, 0.15) is 6.04 Å². The molecule has 17 heavy (non-hydrogen) atoms. The van der Waals surface area contributed by atoms with Gasteiger partial charge in [0, 0.05) is 0 Å². The summed E-state index contributed by atoms with van der Waals surface area (Å²) < 4.78 is 0. The lowest BCUT2D eigenvalue weighted by Crippen LogP contribution is -2.27. The molecule has 2 aromatic rings. The number of carbonyl (C=O) groups is 1. The van der Waals surface area contributed by atoms with Gasteiger partial charge in [0.2, 0.25) is 0 Å². The Labute approximate surface area is 100 Å². The van der Waals surface area contributed by atoms with E-state index in [1.807, 2.05) is 42.5 Å². The van der Waals surface area contributed by atoms with Crippen molar-refractivity contribution in [1.82, 2.24) is 4.90 Å². The fourth-order valence-corrected chi connectivity index (χ4v) is 2.12. The van der Waals surface area contributed by atoms with E-state index in [0.29, 0.717) is 0 Å². The van der Waals surface area contributed by atoms with Gasteiger partial charge in [-0.15, -0.1) is 0 Å². The van der Waals surface area contributed by atoms with Crippen LogP contribution in [0.15, 0.2) is 42.5 Å². The summed E-state index contributed by atoms with van der Waals surface area (Å²) in [5, 5.41) is 11.4. The van der Waals surface area contributed by atoms with Crippen LogP contribution in [0.3, 0.4) is 0 Å². The lowest BCUT2D eigenvalue weighted by atomic mass is 9.98. The molecular weight excluding hydrogens is 214 g/mol. The molecule has 0 heterocycles. The second-order valence-corrected chi connectivity index (χ2v) is 4.27. The van der Waals surface area contributed by atoms with Crippen molar-refractivity contribution in [2.45, 2.75) is 6.04 Å². The fourth-order valence-electron chi connectivity index (χ4n) is 2.12. The van der Waals surface area contributed by atoms with Crippen LogP contribution in [0.4, 0.5) is 0 Å². The van der Waals surface area contributed by atoms with Crippen LogP contribution in [0.1, 0.15) is 11.6 Å². The minimum atomic E-state index is -0.827. The van der Waals surface area contributed by atoms with E-state index < -0.39 is 12.0 Å². The maximum Gasteiger partial charge on any atom is 0.325 e. The molecule has 0 saturated carbocycles. The first-order valence-corrected chi connectivity index (χ1v) is 5.48. The SMILES string of the molecule is CN(C)[C@H](C(=O)O)c1cccc2ccccc12. The number of nitrogens with zero attached hydrogens (tertiary/aromatic N) is 1. The Morgan fingerprint density at radius 1 is 1.12 bits per heavy atom. The molecular formula is C14H15NO2. The monoisotopic (exact) mass is 229 g/mol. The lowest BCUT2D eigenvalue weighted by molar-refractivity contribution is -0.142. The van der Waals surface area contributed by atoms with Gasteiger partial charge in [-0.1, -0.05) is 42.5 Å². The molecule has 3 nitrogen and oxygen atoms in total. The Balaban J connectivity index is 2.65. The standard InChI is InChI=1S/C14H15NO2/c1-15(2)13(14(16)17)12-9-5-7-10-6-3-4-8-11(10)12/h3-9,13H,1-2H3,(H,16,17)/t13-/m0/s1. The van der Waals surface area contributed by atoms with Crippen LogP contribution in [0.5, 0.6) is 0 Å². The van der Waals surface area contributed by atoms with Gasteiger partial charge in [0.25, 0.3) is 0 Å². The number of aliphatic carboxylic acids is 1. The minimum Gasteiger partial charge on any atom is -0.480 e. The minimum absolute atomic E-state index is 0.610. The lowest BCUT2D eigenvalue weighted by Gasteiger charge is -2.21. The van der Waals surface area contributed by atoms with E-state index in [1.165, 1.54) is 0 Å². The van der Waals surface area contributed by atoms with Crippen molar-refractivity contribution in [3.63, 3.8) is 0 Å². The molecule has 0 saturated heterocycles. The summed E-state index contributed by atoms with van der Waals surface area (Å²) in [5.74, 6) is -0.827. The average Bonchev–Trinajstić information content (AvgIpc) is 2.28. The van der Waals surface area contributed by atoms with Gasteiger partial charge in [-0.2, -0.15) is 0 Å². The molecule has 0 bridgehead atoms. The molecule has 88 valence electrons. The smallest absolute Gasteiger partial charge is 0.325 e. The highest BCUT2D eigenvalue weighted by molar-refractivity contribution is 5.90. The third-order valence-corrected chi connectivity index (χ3v) is 2.87. The van der Waals surface area contributed by atoms with E-state index in [0.717, 1.165) is 16.3 Å². The first-order valence-electron chi connectivity index (χ1n) is 5.48. The zero-order valence-electron chi connectivity index (χ0n) is 9.92. The first kappa shape index (κ1) is 11.6. The van der Waals surface area contributed by atoms with Gasteiger partial charge in [-0.25, -0.2) is 0 Å². The zero-order chi connectivity index (χ0) is 12.4. The van der Waals surface area contributed by atoms with Crippen molar-refractivity contribution >= 4 is 16.7 Å². The van der Waals surface area contributed by atoms with Crippen LogP contribution in [0, 0.1) is 0 Å². The third kappa shape index (κ3) is 2.15. The molecule has 0 radical (unpaired) electrons. The van der Waals surface area contributed by atoms with Crippen LogP contribution in [-0.2, 0) is 4.79 Å². The van der Waals surface area contributed by atoms with Gasteiger partial charge < -0.3 is 5.11 Å². The molecule has 2 rings (SSSR count). The number of benzene rings is 2. The molecule has 0 spiro atoms. The number of hydrogen-bond acceptors (Lipinski definition) is 2. The second-order valence-electron chi connectivity index (χ2n) is 4.27. The van der Waals surface area contributed by atoms with Crippen LogP contribution in [-0.4, -0.2) is 30.1 Å². The second kappa shape index (κ2) is 4.55. The van der Waals surface area contributed by atoms with E-state index in [2.05, 4.69) is 0 Å². The summed E-state index contributed by atoms with van der Waals surface area (Å²) in [7, 11) is 3.56. The maximum absolute atomic E-state index is 11.3. The van der Waals surface area contributed by atoms with Crippen LogP contribution in [0.25, 0.3) is 10.8 Å². The van der Waals surface area contributed by atoms with Crippen molar-refractivity contribution in [2.75, 3.05) is 14.1 Å². The van der Waals surface area contributed by atoms with Crippen molar-refractivity contribution in [3.8, 4) is 0 Å². The van der Waals surface area contributed by atoms with Crippen molar-refractivity contribution in [3.05, 3.63) is 48.0 Å². The molecule has 0 aliphatic rings. The fraction of sp³-hybridized carbons (Fsp3) is 0.214. The van der Waals surface area contributed by atoms with Crippen molar-refractivity contribution in [2.24, 2.45) is 0 Å². The summed E-state index contributed by atoms with van der Waals surface area (Å²) >= 11 is 0. The van der Waals surface area contributed by atoms with E-state index >= 15 is 0 Å². The molecule has 1 atom stereocenters. The Kier molecular flexibility index (Phi) is 3.11. The molecule has 3 heteroatoms. The summed E-state index contributed by atoms with van der Waals surface area (Å²) in [6.45, 7) is 0. The maximum atomic E-state index is 11.3. The number of hydrogen-bond donors (Lipinski definition) is 1. The Bertz CT molecular complexity index is 543. The molecule has 1 N–H and O–H groups in total. The van der Waals surface area contributed by atoms with Crippen LogP contribution in [0.2, 0.25) is 0 Å². The van der Waals surface area contributed by atoms with E-state index in [9.17, 15) is 9.90 Å². The number of rotatable bonds is 3. The van der Waals surface area contributed by atoms with Crippen LogP contribution >= 0.6 is 0 Å². The molecule has 0 aliphatic heterocycles. The highest BCUT2D eigenvalue weighted by Crippen LogP contribution is 2.27. The summed E-state index contributed by atoms with van der Waals surface area (Å²) in [6, 6.07) is 13.0. The predicted octanol–water partition coefficient (Wildman–Crippen LogP) is 2.53. The number of likely N-dealkylation sites (N-methyl/N-ethyl adjacent to an activating group) is 1. The quantitative estimate of drug-likeness (QED) is 0.879. The average molecular weight is 229 g/mol. The first-order chi connectivity index (χ1) is 8.11. The topological polar surface area (TPSA) is 40.5 Å². The zero-order valence-corrected chi connectivity index (χ0v) is 9.92. The predicted molar refractivity (Wildman–Crippen MR) is 68.0 cm³/mol. The van der Waals surface area contributed by atoms with E-state index in [-0.39, 0.29) is 0 Å². The third-order valence-electron chi connectivity index (χ3n) is 2.87. The van der Waals surface area contributed by atoms with E-state index in [4.69, 9.17) is 0 Å². The molecule has 0 aliphatic carbocycles.